The number of carboxylic acid groups (broad SMARTS) is 1. The van der Waals surface area contributed by atoms with Crippen LogP contribution in [0.15, 0.2) is 39.5 Å². The Morgan fingerprint density at radius 1 is 1.12 bits per heavy atom. The summed E-state index contributed by atoms with van der Waals surface area (Å²) in [6.07, 6.45) is -0.182. The predicted octanol–water partition coefficient (Wildman–Crippen LogP) is -0.0483. The van der Waals surface area contributed by atoms with Crippen LogP contribution in [0.5, 0.6) is 0 Å². The largest absolute Gasteiger partial charge is 1.00 e. The van der Waals surface area contributed by atoms with E-state index in [1.54, 1.807) is 24.3 Å². The van der Waals surface area contributed by atoms with Gasteiger partial charge in [0.25, 0.3) is 0 Å². The fourth-order valence-corrected chi connectivity index (χ4v) is 2.91. The second-order valence-corrected chi connectivity index (χ2v) is 5.78. The van der Waals surface area contributed by atoms with Gasteiger partial charge < -0.3 is 14.4 Å². The SMILES string of the molecule is Cc1c(N(C)C)ccc2c(=O)c3cccc(CC(=O)O)c3oc12.[Na+]. The standard InChI is InChI=1S/C18H17NO4.Na/c1-10-14(19(2)3)8-7-13-16(22)12-6-4-5-11(9-15(20)21)18(12)23-17(10)13;/h4-8H,9H2,1-3H3,(H,20,21);/q;+1. The molecule has 0 amide bonds. The molecular formula is C18H17NNaO4+. The zero-order chi connectivity index (χ0) is 16.7. The van der Waals surface area contributed by atoms with Crippen LogP contribution in [0.3, 0.4) is 0 Å². The first-order valence-electron chi connectivity index (χ1n) is 7.27. The van der Waals surface area contributed by atoms with Crippen molar-refractivity contribution in [1.82, 2.24) is 0 Å². The fraction of sp³-hybridized carbons (Fsp3) is 0.222. The summed E-state index contributed by atoms with van der Waals surface area (Å²) < 4.78 is 5.99. The molecule has 1 N–H and O–H groups in total. The Labute approximate surface area is 161 Å². The Bertz CT molecular complexity index is 992. The number of carbonyl (C=O) groups is 1. The predicted molar refractivity (Wildman–Crippen MR) is 90.4 cm³/mol. The molecular weight excluding hydrogens is 317 g/mol. The minimum Gasteiger partial charge on any atom is -0.481 e. The molecule has 6 heteroatoms. The van der Waals surface area contributed by atoms with E-state index < -0.39 is 5.97 Å². The molecule has 0 bridgehead atoms. The normalized spacial score (nSPS) is 10.6. The number of nitrogens with zero attached hydrogens (tertiary/aromatic N) is 1. The van der Waals surface area contributed by atoms with Crippen LogP contribution in [0.1, 0.15) is 11.1 Å². The summed E-state index contributed by atoms with van der Waals surface area (Å²) in [4.78, 5) is 25.7. The second kappa shape index (κ2) is 6.97. The summed E-state index contributed by atoms with van der Waals surface area (Å²) >= 11 is 0. The van der Waals surface area contributed by atoms with Gasteiger partial charge in [-0.2, -0.15) is 0 Å². The smallest absolute Gasteiger partial charge is 0.481 e. The van der Waals surface area contributed by atoms with Crippen LogP contribution in [-0.4, -0.2) is 25.2 Å². The molecule has 2 aromatic carbocycles. The number of hydrogen-bond acceptors (Lipinski definition) is 4. The van der Waals surface area contributed by atoms with Gasteiger partial charge in [-0.15, -0.1) is 0 Å². The number of carboxylic acids is 1. The van der Waals surface area contributed by atoms with Crippen molar-refractivity contribution in [3.8, 4) is 0 Å². The third-order valence-corrected chi connectivity index (χ3v) is 3.99. The van der Waals surface area contributed by atoms with Crippen LogP contribution < -0.4 is 39.9 Å². The van der Waals surface area contributed by atoms with E-state index in [9.17, 15) is 9.59 Å². The van der Waals surface area contributed by atoms with Crippen LogP contribution in [0.25, 0.3) is 21.9 Å². The van der Waals surface area contributed by atoms with E-state index in [2.05, 4.69) is 0 Å². The van der Waals surface area contributed by atoms with Gasteiger partial charge in [0.05, 0.1) is 17.2 Å². The van der Waals surface area contributed by atoms with Crippen molar-refractivity contribution in [3.05, 3.63) is 51.7 Å². The van der Waals surface area contributed by atoms with Gasteiger partial charge in [-0.05, 0) is 25.1 Å². The summed E-state index contributed by atoms with van der Waals surface area (Å²) in [7, 11) is 3.84. The number of anilines is 1. The van der Waals surface area contributed by atoms with E-state index in [-0.39, 0.29) is 41.4 Å². The molecule has 24 heavy (non-hydrogen) atoms. The topological polar surface area (TPSA) is 70.8 Å². The molecule has 0 saturated heterocycles. The zero-order valence-corrected chi connectivity index (χ0v) is 16.2. The quantitative estimate of drug-likeness (QED) is 0.537. The van der Waals surface area contributed by atoms with Crippen molar-refractivity contribution in [1.29, 1.82) is 0 Å². The third-order valence-electron chi connectivity index (χ3n) is 3.99. The van der Waals surface area contributed by atoms with E-state index in [1.807, 2.05) is 32.0 Å². The van der Waals surface area contributed by atoms with E-state index in [0.717, 1.165) is 11.3 Å². The Morgan fingerprint density at radius 3 is 2.42 bits per heavy atom. The monoisotopic (exact) mass is 334 g/mol. The number of aryl methyl sites for hydroxylation is 1. The number of fused-ring (bicyclic) bond motifs is 2. The summed E-state index contributed by atoms with van der Waals surface area (Å²) in [6.45, 7) is 1.90. The van der Waals surface area contributed by atoms with Crippen LogP contribution in [0.2, 0.25) is 0 Å². The maximum Gasteiger partial charge on any atom is 1.00 e. The van der Waals surface area contributed by atoms with Gasteiger partial charge >= 0.3 is 35.5 Å². The zero-order valence-electron chi connectivity index (χ0n) is 14.2. The van der Waals surface area contributed by atoms with Crippen LogP contribution in [0.4, 0.5) is 5.69 Å². The average molecular weight is 334 g/mol. The van der Waals surface area contributed by atoms with Gasteiger partial charge in [-0.3, -0.25) is 9.59 Å². The van der Waals surface area contributed by atoms with Crippen molar-refractivity contribution in [2.45, 2.75) is 13.3 Å². The molecule has 0 aliphatic carbocycles. The number of hydrogen-bond donors (Lipinski definition) is 1. The van der Waals surface area contributed by atoms with E-state index >= 15 is 0 Å². The molecule has 0 atom stereocenters. The molecule has 0 saturated carbocycles. The number of benzene rings is 2. The van der Waals surface area contributed by atoms with E-state index in [4.69, 9.17) is 9.52 Å². The minimum absolute atomic E-state index is 0. The van der Waals surface area contributed by atoms with Gasteiger partial charge in [0, 0.05) is 30.9 Å². The summed E-state index contributed by atoms with van der Waals surface area (Å²) in [5.41, 5.74) is 3.04. The molecule has 0 fully saturated rings. The van der Waals surface area contributed by atoms with Crippen LogP contribution >= 0.6 is 0 Å². The molecule has 0 radical (unpaired) electrons. The Balaban J connectivity index is 0.00000208. The molecule has 0 aliphatic rings. The Kier molecular flexibility index (Phi) is 5.38. The van der Waals surface area contributed by atoms with Crippen molar-refractivity contribution in [3.63, 3.8) is 0 Å². The molecule has 0 unspecified atom stereocenters. The maximum absolute atomic E-state index is 12.7. The summed E-state index contributed by atoms with van der Waals surface area (Å²) in [5.74, 6) is -0.959. The molecule has 1 aromatic heterocycles. The molecule has 0 spiro atoms. The first-order valence-corrected chi connectivity index (χ1v) is 7.27. The van der Waals surface area contributed by atoms with Gasteiger partial charge in [-0.25, -0.2) is 0 Å². The van der Waals surface area contributed by atoms with Gasteiger partial charge in [0.1, 0.15) is 11.2 Å². The minimum atomic E-state index is -0.959. The summed E-state index contributed by atoms with van der Waals surface area (Å²) in [6, 6.07) is 8.68. The fourth-order valence-electron chi connectivity index (χ4n) is 2.91. The van der Waals surface area contributed by atoms with Crippen LogP contribution in [-0.2, 0) is 11.2 Å². The van der Waals surface area contributed by atoms with Crippen molar-refractivity contribution in [2.75, 3.05) is 19.0 Å². The molecule has 1 heterocycles. The van der Waals surface area contributed by atoms with Crippen LogP contribution in [0, 0.1) is 6.92 Å². The van der Waals surface area contributed by atoms with E-state index in [1.165, 1.54) is 0 Å². The third kappa shape index (κ3) is 3.07. The van der Waals surface area contributed by atoms with Gasteiger partial charge in [0.15, 0.2) is 0 Å². The van der Waals surface area contributed by atoms with Crippen molar-refractivity contribution >= 4 is 33.6 Å². The van der Waals surface area contributed by atoms with Crippen molar-refractivity contribution < 1.29 is 43.9 Å². The number of aliphatic carboxylic acids is 1. The molecule has 3 rings (SSSR count). The van der Waals surface area contributed by atoms with Crippen molar-refractivity contribution in [2.24, 2.45) is 0 Å². The average Bonchev–Trinajstić information content (AvgIpc) is 2.48. The Hall–Kier alpha value is -1.82. The van der Waals surface area contributed by atoms with Gasteiger partial charge in [-0.1, -0.05) is 12.1 Å². The first-order chi connectivity index (χ1) is 10.9. The second-order valence-electron chi connectivity index (χ2n) is 5.78. The molecule has 118 valence electrons. The first kappa shape index (κ1) is 18.5. The summed E-state index contributed by atoms with van der Waals surface area (Å²) in [5, 5.41) is 9.97. The number of rotatable bonds is 3. The van der Waals surface area contributed by atoms with E-state index in [0.29, 0.717) is 27.5 Å². The Morgan fingerprint density at radius 2 is 1.79 bits per heavy atom. The molecule has 0 aliphatic heterocycles. The van der Waals surface area contributed by atoms with Gasteiger partial charge in [0.2, 0.25) is 5.43 Å². The number of para-hydroxylation sites is 1. The maximum atomic E-state index is 12.7. The molecule has 5 nitrogen and oxygen atoms in total. The molecule has 3 aromatic rings.